The fourth-order valence-electron chi connectivity index (χ4n) is 2.39. The van der Waals surface area contributed by atoms with Crippen LogP contribution in [0.3, 0.4) is 0 Å². The van der Waals surface area contributed by atoms with Crippen LogP contribution in [0, 0.1) is 17.2 Å². The number of nitrogens with two attached hydrogens (primary N) is 1. The fraction of sp³-hybridized carbons (Fsp3) is 0.385. The largest absolute Gasteiger partial charge is 0.370 e. The molecule has 0 aliphatic carbocycles. The molecule has 2 rings (SSSR count). The zero-order chi connectivity index (χ0) is 13.1. The van der Waals surface area contributed by atoms with Crippen molar-refractivity contribution in [2.24, 2.45) is 11.7 Å². The summed E-state index contributed by atoms with van der Waals surface area (Å²) >= 11 is 3.39. The molecular weight excluding hydrogens is 294 g/mol. The number of anilines is 1. The maximum absolute atomic E-state index is 10.9. The molecule has 5 heteroatoms. The molecule has 0 radical (unpaired) electrons. The average Bonchev–Trinajstić information content (AvgIpc) is 2.76. The molecule has 0 spiro atoms. The van der Waals surface area contributed by atoms with E-state index in [1.807, 2.05) is 18.2 Å². The molecule has 1 aliphatic heterocycles. The molecule has 2 N–H and O–H groups in total. The Labute approximate surface area is 115 Å². The van der Waals surface area contributed by atoms with Crippen molar-refractivity contribution in [2.75, 3.05) is 18.0 Å². The Balaban J connectivity index is 2.17. The van der Waals surface area contributed by atoms with Crippen LogP contribution < -0.4 is 10.6 Å². The van der Waals surface area contributed by atoms with Crippen molar-refractivity contribution in [1.82, 2.24) is 0 Å². The van der Waals surface area contributed by atoms with E-state index in [-0.39, 0.29) is 5.91 Å². The van der Waals surface area contributed by atoms with E-state index in [2.05, 4.69) is 26.9 Å². The number of carbonyl (C=O) groups excluding carboxylic acids is 1. The number of halogens is 1. The van der Waals surface area contributed by atoms with Crippen LogP contribution in [-0.2, 0) is 4.79 Å². The third kappa shape index (κ3) is 2.65. The highest BCUT2D eigenvalue weighted by Gasteiger charge is 2.25. The highest BCUT2D eigenvalue weighted by molar-refractivity contribution is 9.10. The van der Waals surface area contributed by atoms with E-state index in [0.29, 0.717) is 17.9 Å². The Morgan fingerprint density at radius 3 is 3.06 bits per heavy atom. The van der Waals surface area contributed by atoms with Gasteiger partial charge in [-0.05, 0) is 40.4 Å². The van der Waals surface area contributed by atoms with Crippen molar-refractivity contribution >= 4 is 27.5 Å². The monoisotopic (exact) mass is 307 g/mol. The summed E-state index contributed by atoms with van der Waals surface area (Å²) < 4.78 is 0.806. The van der Waals surface area contributed by atoms with Gasteiger partial charge in [-0.3, -0.25) is 4.79 Å². The quantitative estimate of drug-likeness (QED) is 0.928. The number of hydrogen-bond donors (Lipinski definition) is 1. The van der Waals surface area contributed by atoms with E-state index >= 15 is 0 Å². The van der Waals surface area contributed by atoms with Crippen molar-refractivity contribution in [3.63, 3.8) is 0 Å². The van der Waals surface area contributed by atoms with E-state index in [0.717, 1.165) is 29.7 Å². The molecule has 1 amide bonds. The van der Waals surface area contributed by atoms with Crippen molar-refractivity contribution in [3.8, 4) is 6.07 Å². The number of rotatable bonds is 3. The molecule has 1 atom stereocenters. The van der Waals surface area contributed by atoms with Gasteiger partial charge in [-0.2, -0.15) is 5.26 Å². The van der Waals surface area contributed by atoms with Crippen LogP contribution in [0.15, 0.2) is 22.7 Å². The second kappa shape index (κ2) is 5.40. The molecule has 1 aliphatic rings. The molecule has 18 heavy (non-hydrogen) atoms. The fourth-order valence-corrected chi connectivity index (χ4v) is 2.83. The number of benzene rings is 1. The van der Waals surface area contributed by atoms with Crippen LogP contribution >= 0.6 is 15.9 Å². The van der Waals surface area contributed by atoms with Crippen LogP contribution in [0.5, 0.6) is 0 Å². The molecular formula is C13H14BrN3O. The number of carbonyl (C=O) groups is 1. The normalized spacial score (nSPS) is 18.7. The van der Waals surface area contributed by atoms with Crippen LogP contribution in [-0.4, -0.2) is 19.0 Å². The molecule has 1 aromatic carbocycles. The Hall–Kier alpha value is -1.54. The van der Waals surface area contributed by atoms with Crippen LogP contribution in [0.4, 0.5) is 5.69 Å². The van der Waals surface area contributed by atoms with Crippen LogP contribution in [0.25, 0.3) is 0 Å². The second-order valence-electron chi connectivity index (χ2n) is 4.52. The predicted octanol–water partition coefficient (Wildman–Crippen LogP) is 2.02. The summed E-state index contributed by atoms with van der Waals surface area (Å²) in [5.74, 6) is 0.0459. The molecule has 94 valence electrons. The summed E-state index contributed by atoms with van der Waals surface area (Å²) in [6.07, 6.45) is 1.37. The van der Waals surface area contributed by atoms with Gasteiger partial charge in [-0.1, -0.05) is 6.07 Å². The number of primary amides is 1. The van der Waals surface area contributed by atoms with E-state index in [9.17, 15) is 10.1 Å². The average molecular weight is 308 g/mol. The lowest BCUT2D eigenvalue weighted by Crippen LogP contribution is -2.23. The lowest BCUT2D eigenvalue weighted by molar-refractivity contribution is -0.118. The number of hydrogen-bond acceptors (Lipinski definition) is 3. The standard InChI is InChI=1S/C13H14BrN3O/c14-11-2-1-3-12(10(11)7-15)17-5-4-9(8-17)6-13(16)18/h1-3,9H,4-6,8H2,(H2,16,18). The Kier molecular flexibility index (Phi) is 3.87. The predicted molar refractivity (Wildman–Crippen MR) is 73.0 cm³/mol. The number of amides is 1. The highest BCUT2D eigenvalue weighted by Crippen LogP contribution is 2.31. The molecule has 0 bridgehead atoms. The minimum absolute atomic E-state index is 0.253. The van der Waals surface area contributed by atoms with E-state index in [1.165, 1.54) is 0 Å². The van der Waals surface area contributed by atoms with Crippen molar-refractivity contribution in [1.29, 1.82) is 5.26 Å². The second-order valence-corrected chi connectivity index (χ2v) is 5.37. The minimum Gasteiger partial charge on any atom is -0.370 e. The third-order valence-corrected chi connectivity index (χ3v) is 3.88. The third-order valence-electron chi connectivity index (χ3n) is 3.22. The smallest absolute Gasteiger partial charge is 0.217 e. The number of nitriles is 1. The molecule has 1 saturated heterocycles. The Bertz CT molecular complexity index is 509. The maximum Gasteiger partial charge on any atom is 0.217 e. The molecule has 1 unspecified atom stereocenters. The molecule has 1 fully saturated rings. The Morgan fingerprint density at radius 1 is 1.61 bits per heavy atom. The number of nitrogens with zero attached hydrogens (tertiary/aromatic N) is 2. The van der Waals surface area contributed by atoms with Gasteiger partial charge in [0.25, 0.3) is 0 Å². The summed E-state index contributed by atoms with van der Waals surface area (Å²) in [5, 5.41) is 9.19. The lowest BCUT2D eigenvalue weighted by atomic mass is 10.1. The molecule has 4 nitrogen and oxygen atoms in total. The maximum atomic E-state index is 10.9. The first-order valence-corrected chi connectivity index (χ1v) is 6.63. The minimum atomic E-state index is -0.253. The van der Waals surface area contributed by atoms with Crippen molar-refractivity contribution in [2.45, 2.75) is 12.8 Å². The first kappa shape index (κ1) is 12.9. The van der Waals surface area contributed by atoms with Gasteiger partial charge in [-0.25, -0.2) is 0 Å². The summed E-state index contributed by atoms with van der Waals surface area (Å²) in [6, 6.07) is 7.94. The summed E-state index contributed by atoms with van der Waals surface area (Å²) in [7, 11) is 0. The van der Waals surface area contributed by atoms with Crippen LogP contribution in [0.2, 0.25) is 0 Å². The van der Waals surface area contributed by atoms with Gasteiger partial charge < -0.3 is 10.6 Å². The van der Waals surface area contributed by atoms with Gasteiger partial charge >= 0.3 is 0 Å². The van der Waals surface area contributed by atoms with Crippen LogP contribution in [0.1, 0.15) is 18.4 Å². The van der Waals surface area contributed by atoms with E-state index < -0.39 is 0 Å². The van der Waals surface area contributed by atoms with Gasteiger partial charge in [-0.15, -0.1) is 0 Å². The zero-order valence-electron chi connectivity index (χ0n) is 9.90. The molecule has 0 saturated carbocycles. The van der Waals surface area contributed by atoms with Gasteiger partial charge in [0.2, 0.25) is 5.91 Å². The Morgan fingerprint density at radius 2 is 2.39 bits per heavy atom. The topological polar surface area (TPSA) is 70.1 Å². The lowest BCUT2D eigenvalue weighted by Gasteiger charge is -2.20. The summed E-state index contributed by atoms with van der Waals surface area (Å²) in [5.41, 5.74) is 6.80. The van der Waals surface area contributed by atoms with Crippen molar-refractivity contribution < 1.29 is 4.79 Å². The van der Waals surface area contributed by atoms with E-state index in [4.69, 9.17) is 5.73 Å². The first-order chi connectivity index (χ1) is 8.61. The van der Waals surface area contributed by atoms with E-state index in [1.54, 1.807) is 0 Å². The van der Waals surface area contributed by atoms with Gasteiger partial charge in [0.05, 0.1) is 11.3 Å². The molecule has 1 aromatic rings. The SMILES string of the molecule is N#Cc1c(Br)cccc1N1CCC(CC(N)=O)C1. The zero-order valence-corrected chi connectivity index (χ0v) is 11.5. The van der Waals surface area contributed by atoms with Gasteiger partial charge in [0.1, 0.15) is 6.07 Å². The molecule has 0 aromatic heterocycles. The highest BCUT2D eigenvalue weighted by atomic mass is 79.9. The van der Waals surface area contributed by atoms with Gasteiger partial charge in [0.15, 0.2) is 0 Å². The van der Waals surface area contributed by atoms with Crippen molar-refractivity contribution in [3.05, 3.63) is 28.2 Å². The summed E-state index contributed by atoms with van der Waals surface area (Å²) in [4.78, 5) is 13.1. The summed E-state index contributed by atoms with van der Waals surface area (Å²) in [6.45, 7) is 1.65. The first-order valence-electron chi connectivity index (χ1n) is 5.83. The van der Waals surface area contributed by atoms with Gasteiger partial charge in [0, 0.05) is 24.0 Å². The molecule has 1 heterocycles.